The van der Waals surface area contributed by atoms with E-state index in [1.165, 1.54) is 0 Å². The van der Waals surface area contributed by atoms with Gasteiger partial charge in [0.25, 0.3) is 11.8 Å². The fourth-order valence-corrected chi connectivity index (χ4v) is 2.09. The Morgan fingerprint density at radius 3 is 2.35 bits per heavy atom. The lowest BCUT2D eigenvalue weighted by atomic mass is 10.1. The molecule has 2 aromatic carbocycles. The second-order valence-corrected chi connectivity index (χ2v) is 5.41. The van der Waals surface area contributed by atoms with Gasteiger partial charge in [-0.2, -0.15) is 0 Å². The largest absolute Gasteiger partial charge is 0.343 e. The van der Waals surface area contributed by atoms with Gasteiger partial charge in [-0.25, -0.2) is 0 Å². The summed E-state index contributed by atoms with van der Waals surface area (Å²) in [5.41, 5.74) is 6.29. The van der Waals surface area contributed by atoms with Gasteiger partial charge in [0.2, 0.25) is 0 Å². The number of rotatable bonds is 5. The predicted octanol–water partition coefficient (Wildman–Crippen LogP) is 2.20. The zero-order valence-corrected chi connectivity index (χ0v) is 13.6. The minimum absolute atomic E-state index is 0.0804. The second-order valence-electron chi connectivity index (χ2n) is 5.41. The standard InChI is InChI=1S/C18H21N3O2/c1-13-9-10-15(11-14(13)2)18(23)19-12-17(22)20-21(3)16-7-5-4-6-8-16/h4-11H,12H2,1-3H3,(H,19,23)(H,20,22). The molecule has 0 spiro atoms. The Morgan fingerprint density at radius 2 is 1.70 bits per heavy atom. The monoisotopic (exact) mass is 311 g/mol. The zero-order chi connectivity index (χ0) is 16.8. The Morgan fingerprint density at radius 1 is 1.00 bits per heavy atom. The molecule has 0 atom stereocenters. The molecule has 0 aliphatic carbocycles. The first kappa shape index (κ1) is 16.5. The second kappa shape index (κ2) is 7.45. The van der Waals surface area contributed by atoms with Gasteiger partial charge in [-0.3, -0.25) is 20.0 Å². The molecule has 5 nitrogen and oxygen atoms in total. The number of anilines is 1. The topological polar surface area (TPSA) is 61.4 Å². The first-order valence-electron chi connectivity index (χ1n) is 7.41. The molecule has 0 heterocycles. The van der Waals surface area contributed by atoms with Crippen LogP contribution in [0.1, 0.15) is 21.5 Å². The van der Waals surface area contributed by atoms with Crippen LogP contribution in [-0.4, -0.2) is 25.4 Å². The highest BCUT2D eigenvalue weighted by Crippen LogP contribution is 2.10. The van der Waals surface area contributed by atoms with E-state index in [-0.39, 0.29) is 18.4 Å². The van der Waals surface area contributed by atoms with Crippen LogP contribution in [0.3, 0.4) is 0 Å². The molecule has 0 unspecified atom stereocenters. The average Bonchev–Trinajstić information content (AvgIpc) is 2.56. The van der Waals surface area contributed by atoms with E-state index in [1.807, 2.05) is 56.3 Å². The Balaban J connectivity index is 1.86. The van der Waals surface area contributed by atoms with Crippen LogP contribution in [0.4, 0.5) is 5.69 Å². The van der Waals surface area contributed by atoms with Crippen molar-refractivity contribution in [1.29, 1.82) is 0 Å². The van der Waals surface area contributed by atoms with E-state index in [1.54, 1.807) is 18.1 Å². The molecule has 0 fully saturated rings. The minimum atomic E-state index is -0.284. The molecule has 0 radical (unpaired) electrons. The number of carbonyl (C=O) groups is 2. The Hall–Kier alpha value is -2.82. The number of carbonyl (C=O) groups excluding carboxylic acids is 2. The first-order chi connectivity index (χ1) is 11.0. The van der Waals surface area contributed by atoms with E-state index in [4.69, 9.17) is 0 Å². The molecule has 23 heavy (non-hydrogen) atoms. The Labute approximate surface area is 136 Å². The number of para-hydroxylation sites is 1. The number of amides is 2. The molecule has 120 valence electrons. The van der Waals surface area contributed by atoms with Crippen LogP contribution in [0.5, 0.6) is 0 Å². The first-order valence-corrected chi connectivity index (χ1v) is 7.41. The van der Waals surface area contributed by atoms with Crippen molar-refractivity contribution in [2.24, 2.45) is 0 Å². The molecule has 2 N–H and O–H groups in total. The number of nitrogens with zero attached hydrogens (tertiary/aromatic N) is 1. The molecule has 0 bridgehead atoms. The smallest absolute Gasteiger partial charge is 0.257 e. The van der Waals surface area contributed by atoms with Gasteiger partial charge in [0, 0.05) is 12.6 Å². The minimum Gasteiger partial charge on any atom is -0.343 e. The van der Waals surface area contributed by atoms with E-state index in [2.05, 4.69) is 10.7 Å². The molecule has 2 aromatic rings. The van der Waals surface area contributed by atoms with Crippen molar-refractivity contribution in [1.82, 2.24) is 10.7 Å². The summed E-state index contributed by atoms with van der Waals surface area (Å²) in [6.45, 7) is 3.86. The van der Waals surface area contributed by atoms with Gasteiger partial charge >= 0.3 is 0 Å². The maximum absolute atomic E-state index is 12.1. The molecule has 0 aromatic heterocycles. The van der Waals surface area contributed by atoms with Crippen molar-refractivity contribution in [3.8, 4) is 0 Å². The van der Waals surface area contributed by atoms with E-state index >= 15 is 0 Å². The summed E-state index contributed by atoms with van der Waals surface area (Å²) >= 11 is 0. The van der Waals surface area contributed by atoms with Gasteiger partial charge in [0.05, 0.1) is 12.2 Å². The van der Waals surface area contributed by atoms with E-state index in [9.17, 15) is 9.59 Å². The van der Waals surface area contributed by atoms with E-state index < -0.39 is 0 Å². The number of benzene rings is 2. The van der Waals surface area contributed by atoms with Crippen molar-refractivity contribution in [3.05, 3.63) is 65.2 Å². The van der Waals surface area contributed by atoms with Gasteiger partial charge in [-0.15, -0.1) is 0 Å². The lowest BCUT2D eigenvalue weighted by Crippen LogP contribution is -2.45. The molecule has 0 saturated heterocycles. The molecule has 0 saturated carbocycles. The summed E-state index contributed by atoms with van der Waals surface area (Å²) in [4.78, 5) is 24.0. The highest BCUT2D eigenvalue weighted by molar-refractivity contribution is 5.96. The number of aryl methyl sites for hydroxylation is 2. The Kier molecular flexibility index (Phi) is 5.36. The van der Waals surface area contributed by atoms with Gasteiger partial charge < -0.3 is 5.32 Å². The summed E-state index contributed by atoms with van der Waals surface area (Å²) in [6.07, 6.45) is 0. The van der Waals surface area contributed by atoms with Crippen LogP contribution in [0.25, 0.3) is 0 Å². The molecular weight excluding hydrogens is 290 g/mol. The van der Waals surface area contributed by atoms with Crippen LogP contribution in [0.2, 0.25) is 0 Å². The summed E-state index contributed by atoms with van der Waals surface area (Å²) in [5.74, 6) is -0.542. The van der Waals surface area contributed by atoms with Crippen LogP contribution in [0.15, 0.2) is 48.5 Å². The van der Waals surface area contributed by atoms with Crippen molar-refractivity contribution in [2.75, 3.05) is 18.6 Å². The highest BCUT2D eigenvalue weighted by Gasteiger charge is 2.10. The lowest BCUT2D eigenvalue weighted by Gasteiger charge is -2.20. The van der Waals surface area contributed by atoms with Crippen LogP contribution < -0.4 is 15.8 Å². The fourth-order valence-electron chi connectivity index (χ4n) is 2.09. The van der Waals surface area contributed by atoms with Crippen molar-refractivity contribution < 1.29 is 9.59 Å². The third-order valence-corrected chi connectivity index (χ3v) is 3.61. The average molecular weight is 311 g/mol. The molecule has 0 aliphatic heterocycles. The van der Waals surface area contributed by atoms with Crippen LogP contribution in [-0.2, 0) is 4.79 Å². The Bertz CT molecular complexity index is 699. The third-order valence-electron chi connectivity index (χ3n) is 3.61. The normalized spacial score (nSPS) is 10.0. The summed E-state index contributed by atoms with van der Waals surface area (Å²) in [6, 6.07) is 14.9. The number of hydrogen-bond donors (Lipinski definition) is 2. The van der Waals surface area contributed by atoms with Crippen LogP contribution >= 0.6 is 0 Å². The van der Waals surface area contributed by atoms with Crippen molar-refractivity contribution >= 4 is 17.5 Å². The molecule has 0 aliphatic rings. The third kappa shape index (κ3) is 4.57. The van der Waals surface area contributed by atoms with Gasteiger partial charge in [0.1, 0.15) is 0 Å². The number of hydrogen-bond acceptors (Lipinski definition) is 3. The lowest BCUT2D eigenvalue weighted by molar-refractivity contribution is -0.120. The van der Waals surface area contributed by atoms with Crippen molar-refractivity contribution in [3.63, 3.8) is 0 Å². The molecule has 5 heteroatoms. The van der Waals surface area contributed by atoms with E-state index in [0.29, 0.717) is 5.56 Å². The maximum Gasteiger partial charge on any atom is 0.257 e. The highest BCUT2D eigenvalue weighted by atomic mass is 16.2. The fraction of sp³-hybridized carbons (Fsp3) is 0.222. The molecule has 2 amide bonds. The van der Waals surface area contributed by atoms with Crippen molar-refractivity contribution in [2.45, 2.75) is 13.8 Å². The summed E-state index contributed by atoms with van der Waals surface area (Å²) < 4.78 is 0. The molecular formula is C18H21N3O2. The molecule has 2 rings (SSSR count). The van der Waals surface area contributed by atoms with Gasteiger partial charge in [0.15, 0.2) is 0 Å². The maximum atomic E-state index is 12.1. The van der Waals surface area contributed by atoms with Gasteiger partial charge in [-0.05, 0) is 49.2 Å². The SMILES string of the molecule is Cc1ccc(C(=O)NCC(=O)NN(C)c2ccccc2)cc1C. The van der Waals surface area contributed by atoms with Gasteiger partial charge in [-0.1, -0.05) is 24.3 Å². The summed E-state index contributed by atoms with van der Waals surface area (Å²) in [7, 11) is 1.75. The number of nitrogens with one attached hydrogen (secondary N) is 2. The predicted molar refractivity (Wildman–Crippen MR) is 91.2 cm³/mol. The van der Waals surface area contributed by atoms with E-state index in [0.717, 1.165) is 16.8 Å². The number of hydrazine groups is 1. The quantitative estimate of drug-likeness (QED) is 0.832. The van der Waals surface area contributed by atoms with Crippen LogP contribution in [0, 0.1) is 13.8 Å². The zero-order valence-electron chi connectivity index (χ0n) is 13.6. The summed E-state index contributed by atoms with van der Waals surface area (Å²) in [5, 5.41) is 4.24.